The minimum Gasteiger partial charge on any atom is -0.423 e. The van der Waals surface area contributed by atoms with Crippen LogP contribution in [0.1, 0.15) is 44.4 Å². The standard InChI is InChI=1S/C9H14BNO2/c1-6(2)8-4-11-5-9(7(8)3)10(12)13/h4-6,12-13H,1-3H3/i1D3,2D3,3D3,6D. The van der Waals surface area contributed by atoms with Gasteiger partial charge in [-0.2, -0.15) is 0 Å². The van der Waals surface area contributed by atoms with Gasteiger partial charge in [-0.15, -0.1) is 0 Å². The zero-order chi connectivity index (χ0) is 18.4. The molecule has 2 N–H and O–H groups in total. The molecular weight excluding hydrogens is 165 g/mol. The van der Waals surface area contributed by atoms with Crippen LogP contribution in [0.25, 0.3) is 0 Å². The molecule has 0 aromatic carbocycles. The second-order valence-electron chi connectivity index (χ2n) is 2.40. The van der Waals surface area contributed by atoms with Gasteiger partial charge in [0.05, 0.1) is 0 Å². The molecule has 1 aromatic heterocycles. The van der Waals surface area contributed by atoms with Crippen LogP contribution in [0.5, 0.6) is 0 Å². The predicted octanol–water partition coefficient (Wildman–Crippen LogP) is 0.193. The van der Waals surface area contributed by atoms with Crippen molar-refractivity contribution in [3.63, 3.8) is 0 Å². The van der Waals surface area contributed by atoms with E-state index in [-0.39, 0.29) is 0 Å². The van der Waals surface area contributed by atoms with Crippen molar-refractivity contribution >= 4 is 12.6 Å². The number of rotatable bonds is 2. The fraction of sp³-hybridized carbons (Fsp3) is 0.444. The molecule has 0 radical (unpaired) electrons. The summed E-state index contributed by atoms with van der Waals surface area (Å²) in [4.78, 5) is 3.48. The summed E-state index contributed by atoms with van der Waals surface area (Å²) in [7, 11) is -2.32. The number of pyridine rings is 1. The lowest BCUT2D eigenvalue weighted by atomic mass is 9.76. The Bertz CT molecular complexity index is 565. The van der Waals surface area contributed by atoms with Gasteiger partial charge in [-0.1, -0.05) is 13.7 Å². The summed E-state index contributed by atoms with van der Waals surface area (Å²) < 4.78 is 74.9. The van der Waals surface area contributed by atoms with Crippen molar-refractivity contribution in [3.05, 3.63) is 23.5 Å². The van der Waals surface area contributed by atoms with Crippen molar-refractivity contribution in [2.75, 3.05) is 0 Å². The molecule has 0 fully saturated rings. The number of nitrogens with zero attached hydrogens (tertiary/aromatic N) is 1. The first-order chi connectivity index (χ1) is 10.0. The second-order valence-corrected chi connectivity index (χ2v) is 2.40. The Morgan fingerprint density at radius 2 is 2.31 bits per heavy atom. The minimum absolute atomic E-state index is 0.652. The van der Waals surface area contributed by atoms with E-state index in [4.69, 9.17) is 13.7 Å². The van der Waals surface area contributed by atoms with Crippen LogP contribution in [0.3, 0.4) is 0 Å². The highest BCUT2D eigenvalue weighted by Crippen LogP contribution is 2.15. The summed E-state index contributed by atoms with van der Waals surface area (Å²) in [5.41, 5.74) is -2.50. The Morgan fingerprint density at radius 3 is 2.85 bits per heavy atom. The molecule has 13 heavy (non-hydrogen) atoms. The molecule has 0 unspecified atom stereocenters. The lowest BCUT2D eigenvalue weighted by Gasteiger charge is -2.12. The van der Waals surface area contributed by atoms with Gasteiger partial charge in [0.15, 0.2) is 0 Å². The van der Waals surface area contributed by atoms with Crippen LogP contribution in [-0.4, -0.2) is 22.2 Å². The minimum atomic E-state index is -3.42. The van der Waals surface area contributed by atoms with Gasteiger partial charge in [0.1, 0.15) is 0 Å². The SMILES string of the molecule is [2H]C([2H])([2H])c1c(B(O)O)cncc1C([2H])(C([2H])([2H])[2H])C([2H])([2H])[2H]. The van der Waals surface area contributed by atoms with Crippen molar-refractivity contribution in [1.82, 2.24) is 4.98 Å². The van der Waals surface area contributed by atoms with E-state index < -0.39 is 50.2 Å². The van der Waals surface area contributed by atoms with Crippen LogP contribution in [-0.2, 0) is 0 Å². The topological polar surface area (TPSA) is 53.4 Å². The molecule has 0 spiro atoms. The molecule has 1 rings (SSSR count). The first-order valence-electron chi connectivity index (χ1n) is 8.40. The Kier molecular flexibility index (Phi) is 0.920. The summed E-state index contributed by atoms with van der Waals surface area (Å²) in [6.45, 7) is -9.92. The number of hydrogen-bond donors (Lipinski definition) is 2. The zero-order valence-electron chi connectivity index (χ0n) is 16.6. The third kappa shape index (κ3) is 2.08. The third-order valence-electron chi connectivity index (χ3n) is 1.52. The van der Waals surface area contributed by atoms with Gasteiger partial charge >= 0.3 is 7.12 Å². The Labute approximate surface area is 92.6 Å². The van der Waals surface area contributed by atoms with E-state index in [1.54, 1.807) is 0 Å². The quantitative estimate of drug-likeness (QED) is 0.653. The first-order valence-corrected chi connectivity index (χ1v) is 3.40. The van der Waals surface area contributed by atoms with E-state index in [2.05, 4.69) is 4.98 Å². The average molecular weight is 189 g/mol. The van der Waals surface area contributed by atoms with Crippen molar-refractivity contribution in [1.29, 1.82) is 0 Å². The predicted molar refractivity (Wildman–Crippen MR) is 52.9 cm³/mol. The van der Waals surface area contributed by atoms with Crippen molar-refractivity contribution < 1.29 is 23.8 Å². The normalized spacial score (nSPS) is 25.7. The number of hydrogen-bond acceptors (Lipinski definition) is 3. The molecule has 70 valence electrons. The van der Waals surface area contributed by atoms with Crippen LogP contribution in [0.15, 0.2) is 12.4 Å². The molecule has 4 heteroatoms. The van der Waals surface area contributed by atoms with Gasteiger partial charge in [0, 0.05) is 31.6 Å². The third-order valence-corrected chi connectivity index (χ3v) is 1.52. The molecule has 0 saturated heterocycles. The molecule has 0 aliphatic carbocycles. The summed E-state index contributed by atoms with van der Waals surface area (Å²) in [6, 6.07) is 0. The van der Waals surface area contributed by atoms with E-state index in [0.717, 1.165) is 6.20 Å². The summed E-state index contributed by atoms with van der Waals surface area (Å²) in [5, 5.41) is 18.6. The maximum Gasteiger partial charge on any atom is 0.490 e. The van der Waals surface area contributed by atoms with E-state index in [1.165, 1.54) is 0 Å². The molecule has 0 bridgehead atoms. The van der Waals surface area contributed by atoms with Crippen LogP contribution >= 0.6 is 0 Å². The maximum absolute atomic E-state index is 9.29. The average Bonchev–Trinajstić information content (AvgIpc) is 2.32. The maximum atomic E-state index is 9.29. The summed E-state index contributed by atoms with van der Waals surface area (Å²) in [6.07, 6.45) is 1.43. The molecule has 0 saturated carbocycles. The largest absolute Gasteiger partial charge is 0.490 e. The van der Waals surface area contributed by atoms with E-state index in [9.17, 15) is 10.0 Å². The highest BCUT2D eigenvalue weighted by Gasteiger charge is 2.17. The van der Waals surface area contributed by atoms with Crippen LogP contribution in [0.2, 0.25) is 0 Å². The molecule has 0 aliphatic heterocycles. The van der Waals surface area contributed by atoms with Crippen LogP contribution < -0.4 is 5.46 Å². The molecule has 0 aliphatic rings. The van der Waals surface area contributed by atoms with Gasteiger partial charge in [-0.25, -0.2) is 0 Å². The van der Waals surface area contributed by atoms with E-state index in [0.29, 0.717) is 6.20 Å². The van der Waals surface area contributed by atoms with E-state index >= 15 is 0 Å². The summed E-state index contributed by atoms with van der Waals surface area (Å²) in [5.74, 6) is -3.30. The van der Waals surface area contributed by atoms with Gasteiger partial charge in [0.25, 0.3) is 0 Å². The Hall–Kier alpha value is -0.865. The fourth-order valence-corrected chi connectivity index (χ4v) is 0.862. The van der Waals surface area contributed by atoms with Gasteiger partial charge in [-0.05, 0) is 23.9 Å². The molecule has 0 atom stereocenters. The van der Waals surface area contributed by atoms with Crippen molar-refractivity contribution in [2.45, 2.75) is 26.4 Å². The Morgan fingerprint density at radius 1 is 1.54 bits per heavy atom. The second kappa shape index (κ2) is 3.90. The monoisotopic (exact) mass is 189 g/mol. The highest BCUT2D eigenvalue weighted by atomic mass is 16.4. The van der Waals surface area contributed by atoms with Crippen LogP contribution in [0.4, 0.5) is 0 Å². The van der Waals surface area contributed by atoms with E-state index in [1.807, 2.05) is 0 Å². The molecule has 0 amide bonds. The zero-order valence-corrected chi connectivity index (χ0v) is 6.57. The lowest BCUT2D eigenvalue weighted by molar-refractivity contribution is 0.425. The molecular formula is C9H14BNO2. The van der Waals surface area contributed by atoms with Crippen molar-refractivity contribution in [3.8, 4) is 0 Å². The first kappa shape index (κ1) is 3.07. The van der Waals surface area contributed by atoms with Gasteiger partial charge in [-0.3, -0.25) is 4.98 Å². The smallest absolute Gasteiger partial charge is 0.423 e. The summed E-state index contributed by atoms with van der Waals surface area (Å²) >= 11 is 0. The molecule has 1 heterocycles. The Balaban J connectivity index is 3.94. The van der Waals surface area contributed by atoms with Crippen LogP contribution in [0, 0.1) is 6.85 Å². The lowest BCUT2D eigenvalue weighted by Crippen LogP contribution is -2.33. The van der Waals surface area contributed by atoms with Gasteiger partial charge in [0.2, 0.25) is 0 Å². The number of aromatic nitrogens is 1. The molecule has 3 nitrogen and oxygen atoms in total. The highest BCUT2D eigenvalue weighted by molar-refractivity contribution is 6.59. The van der Waals surface area contributed by atoms with Gasteiger partial charge < -0.3 is 10.0 Å². The van der Waals surface area contributed by atoms with Crippen molar-refractivity contribution in [2.24, 2.45) is 0 Å². The fourth-order valence-electron chi connectivity index (χ4n) is 0.862. The molecule has 1 aromatic rings.